The van der Waals surface area contributed by atoms with Crippen LogP contribution in [0, 0.1) is 6.92 Å². The number of nitrogens with zero attached hydrogens (tertiary/aromatic N) is 1. The summed E-state index contributed by atoms with van der Waals surface area (Å²) in [6.45, 7) is 9.77. The van der Waals surface area contributed by atoms with Crippen molar-refractivity contribution in [1.29, 1.82) is 0 Å². The van der Waals surface area contributed by atoms with Gasteiger partial charge in [-0.1, -0.05) is 12.1 Å². The molecule has 0 fully saturated rings. The number of unbranched alkanes of at least 4 members (excludes halogenated alkanes) is 1. The fourth-order valence-corrected chi connectivity index (χ4v) is 2.15. The Morgan fingerprint density at radius 3 is 2.60 bits per heavy atom. The van der Waals surface area contributed by atoms with Gasteiger partial charge in [0.2, 0.25) is 0 Å². The molecule has 0 atom stereocenters. The van der Waals surface area contributed by atoms with Crippen LogP contribution >= 0.6 is 0 Å². The van der Waals surface area contributed by atoms with Crippen LogP contribution in [0.4, 0.5) is 0 Å². The van der Waals surface area contributed by atoms with E-state index < -0.39 is 0 Å². The number of rotatable bonds is 9. The Kier molecular flexibility index (Phi) is 7.63. The molecule has 1 rings (SSSR count). The number of hydrogen-bond acceptors (Lipinski definition) is 3. The van der Waals surface area contributed by atoms with Gasteiger partial charge in [-0.05, 0) is 70.9 Å². The average Bonchev–Trinajstić information content (AvgIpc) is 2.42. The summed E-state index contributed by atoms with van der Waals surface area (Å²) >= 11 is 0. The molecule has 0 aromatic heterocycles. The second-order valence-electron chi connectivity index (χ2n) is 5.76. The first-order valence-electron chi connectivity index (χ1n) is 7.59. The van der Waals surface area contributed by atoms with Gasteiger partial charge < -0.3 is 15.0 Å². The molecule has 0 aliphatic heterocycles. The minimum Gasteiger partial charge on any atom is -0.496 e. The number of aryl methyl sites for hydroxylation is 1. The highest BCUT2D eigenvalue weighted by atomic mass is 16.5. The van der Waals surface area contributed by atoms with Gasteiger partial charge in [0.05, 0.1) is 7.11 Å². The number of hydrogen-bond donors (Lipinski definition) is 1. The minimum atomic E-state index is 0.644. The van der Waals surface area contributed by atoms with E-state index in [1.807, 2.05) is 6.07 Å². The molecule has 1 N–H and O–H groups in total. The van der Waals surface area contributed by atoms with E-state index in [9.17, 15) is 0 Å². The van der Waals surface area contributed by atoms with E-state index in [1.165, 1.54) is 30.5 Å². The fourth-order valence-electron chi connectivity index (χ4n) is 2.15. The Morgan fingerprint density at radius 1 is 1.25 bits per heavy atom. The summed E-state index contributed by atoms with van der Waals surface area (Å²) in [6.07, 6.45) is 2.48. The van der Waals surface area contributed by atoms with Gasteiger partial charge in [0.25, 0.3) is 0 Å². The van der Waals surface area contributed by atoms with Crippen LogP contribution < -0.4 is 10.1 Å². The summed E-state index contributed by atoms with van der Waals surface area (Å²) in [4.78, 5) is 2.40. The van der Waals surface area contributed by atoms with Gasteiger partial charge in [0.1, 0.15) is 5.75 Å². The molecule has 0 bridgehead atoms. The van der Waals surface area contributed by atoms with Gasteiger partial charge in [0.15, 0.2) is 0 Å². The van der Waals surface area contributed by atoms with Crippen LogP contribution in [-0.4, -0.2) is 38.2 Å². The predicted molar refractivity (Wildman–Crippen MR) is 86.4 cm³/mol. The largest absolute Gasteiger partial charge is 0.496 e. The number of ether oxygens (including phenoxy) is 1. The fraction of sp³-hybridized carbons (Fsp3) is 0.647. The van der Waals surface area contributed by atoms with Crippen molar-refractivity contribution >= 4 is 0 Å². The highest BCUT2D eigenvalue weighted by Gasteiger charge is 2.02. The molecule has 0 amide bonds. The molecule has 1 aromatic carbocycles. The van der Waals surface area contributed by atoms with Gasteiger partial charge in [0, 0.05) is 12.6 Å². The quantitative estimate of drug-likeness (QED) is 0.702. The zero-order chi connectivity index (χ0) is 15.0. The van der Waals surface area contributed by atoms with E-state index in [2.05, 4.69) is 50.2 Å². The molecule has 0 unspecified atom stereocenters. The molecule has 0 radical (unpaired) electrons. The molecule has 3 nitrogen and oxygen atoms in total. The minimum absolute atomic E-state index is 0.644. The first-order chi connectivity index (χ1) is 9.54. The van der Waals surface area contributed by atoms with Gasteiger partial charge in [-0.25, -0.2) is 0 Å². The van der Waals surface area contributed by atoms with Crippen molar-refractivity contribution in [2.24, 2.45) is 0 Å². The van der Waals surface area contributed by atoms with Crippen molar-refractivity contribution in [2.75, 3.05) is 27.2 Å². The summed E-state index contributed by atoms with van der Waals surface area (Å²) in [5, 5.41) is 3.51. The molecular formula is C17H30N2O. The lowest BCUT2D eigenvalue weighted by atomic mass is 10.1. The first-order valence-corrected chi connectivity index (χ1v) is 7.59. The van der Waals surface area contributed by atoms with E-state index in [0.717, 1.165) is 18.8 Å². The van der Waals surface area contributed by atoms with E-state index in [4.69, 9.17) is 4.74 Å². The first kappa shape index (κ1) is 17.0. The molecule has 0 spiro atoms. The maximum absolute atomic E-state index is 5.27. The Labute approximate surface area is 124 Å². The van der Waals surface area contributed by atoms with Crippen LogP contribution in [0.25, 0.3) is 0 Å². The van der Waals surface area contributed by atoms with Crippen molar-refractivity contribution in [3.8, 4) is 5.75 Å². The molecule has 0 saturated carbocycles. The molecular weight excluding hydrogens is 248 g/mol. The van der Waals surface area contributed by atoms with Crippen LogP contribution in [0.5, 0.6) is 5.75 Å². The number of methoxy groups -OCH3 is 1. The lowest BCUT2D eigenvalue weighted by molar-refractivity contribution is 0.268. The third-order valence-corrected chi connectivity index (χ3v) is 3.78. The SMILES string of the molecule is COc1ccc(CNCCCCN(C)C(C)C)cc1C. The zero-order valence-corrected chi connectivity index (χ0v) is 13.7. The third-order valence-electron chi connectivity index (χ3n) is 3.78. The van der Waals surface area contributed by atoms with Crippen LogP contribution in [0.2, 0.25) is 0 Å². The van der Waals surface area contributed by atoms with Crippen LogP contribution in [0.3, 0.4) is 0 Å². The maximum atomic E-state index is 5.27. The van der Waals surface area contributed by atoms with E-state index in [-0.39, 0.29) is 0 Å². The summed E-state index contributed by atoms with van der Waals surface area (Å²) in [5.74, 6) is 0.963. The molecule has 3 heteroatoms. The summed E-state index contributed by atoms with van der Waals surface area (Å²) in [7, 11) is 3.91. The Morgan fingerprint density at radius 2 is 2.00 bits per heavy atom. The van der Waals surface area contributed by atoms with Crippen LogP contribution in [-0.2, 0) is 6.54 Å². The third kappa shape index (κ3) is 5.93. The Balaban J connectivity index is 2.17. The second kappa shape index (κ2) is 8.98. The van der Waals surface area contributed by atoms with Gasteiger partial charge >= 0.3 is 0 Å². The zero-order valence-electron chi connectivity index (χ0n) is 13.7. The molecule has 20 heavy (non-hydrogen) atoms. The van der Waals surface area contributed by atoms with Crippen LogP contribution in [0.15, 0.2) is 18.2 Å². The molecule has 0 saturated heterocycles. The maximum Gasteiger partial charge on any atom is 0.121 e. The lowest BCUT2D eigenvalue weighted by Gasteiger charge is -2.20. The van der Waals surface area contributed by atoms with E-state index in [1.54, 1.807) is 7.11 Å². The molecule has 0 heterocycles. The molecule has 0 aliphatic carbocycles. The summed E-state index contributed by atoms with van der Waals surface area (Å²) < 4.78 is 5.27. The molecule has 0 aliphatic rings. The van der Waals surface area contributed by atoms with Crippen LogP contribution in [0.1, 0.15) is 37.8 Å². The van der Waals surface area contributed by atoms with E-state index in [0.29, 0.717) is 6.04 Å². The van der Waals surface area contributed by atoms with Gasteiger partial charge in [-0.3, -0.25) is 0 Å². The Hall–Kier alpha value is -1.06. The summed E-state index contributed by atoms with van der Waals surface area (Å²) in [6, 6.07) is 7.01. The monoisotopic (exact) mass is 278 g/mol. The van der Waals surface area contributed by atoms with Crippen molar-refractivity contribution in [1.82, 2.24) is 10.2 Å². The van der Waals surface area contributed by atoms with Crippen molar-refractivity contribution in [3.05, 3.63) is 29.3 Å². The number of nitrogens with one attached hydrogen (secondary N) is 1. The second-order valence-corrected chi connectivity index (χ2v) is 5.76. The predicted octanol–water partition coefficient (Wildman–Crippen LogP) is 3.21. The van der Waals surface area contributed by atoms with Crippen molar-refractivity contribution < 1.29 is 4.74 Å². The molecule has 114 valence electrons. The van der Waals surface area contributed by atoms with E-state index >= 15 is 0 Å². The topological polar surface area (TPSA) is 24.5 Å². The summed E-state index contributed by atoms with van der Waals surface area (Å²) in [5.41, 5.74) is 2.52. The molecule has 1 aromatic rings. The van der Waals surface area contributed by atoms with Gasteiger partial charge in [-0.2, -0.15) is 0 Å². The highest BCUT2D eigenvalue weighted by Crippen LogP contribution is 2.18. The van der Waals surface area contributed by atoms with Crippen molar-refractivity contribution in [2.45, 2.75) is 46.2 Å². The highest BCUT2D eigenvalue weighted by molar-refractivity contribution is 5.36. The van der Waals surface area contributed by atoms with Crippen molar-refractivity contribution in [3.63, 3.8) is 0 Å². The lowest BCUT2D eigenvalue weighted by Crippen LogP contribution is -2.27. The van der Waals surface area contributed by atoms with Gasteiger partial charge in [-0.15, -0.1) is 0 Å². The number of benzene rings is 1. The Bertz CT molecular complexity index is 391. The normalized spacial score (nSPS) is 11.3. The standard InChI is InChI=1S/C17H30N2O/c1-14(2)19(4)11-7-6-10-18-13-16-8-9-17(20-5)15(3)12-16/h8-9,12,14,18H,6-7,10-11,13H2,1-5H3. The average molecular weight is 278 g/mol. The smallest absolute Gasteiger partial charge is 0.121 e.